The van der Waals surface area contributed by atoms with Crippen molar-refractivity contribution in [2.45, 2.75) is 26.2 Å². The first-order valence-electron chi connectivity index (χ1n) is 4.24. The second kappa shape index (κ2) is 2.26. The van der Waals surface area contributed by atoms with Crippen LogP contribution in [0, 0.1) is 11.8 Å². The highest BCUT2D eigenvalue weighted by molar-refractivity contribution is 5.25. The van der Waals surface area contributed by atoms with E-state index in [0.717, 1.165) is 11.8 Å². The van der Waals surface area contributed by atoms with Crippen molar-refractivity contribution in [3.8, 4) is 0 Å². The Kier molecular flexibility index (Phi) is 1.40. The summed E-state index contributed by atoms with van der Waals surface area (Å²) >= 11 is 0. The third kappa shape index (κ3) is 0.828. The molecule has 2 atom stereocenters. The minimum atomic E-state index is 0.870. The van der Waals surface area contributed by atoms with E-state index < -0.39 is 0 Å². The van der Waals surface area contributed by atoms with E-state index in [-0.39, 0.29) is 0 Å². The molecule has 0 heterocycles. The van der Waals surface area contributed by atoms with Crippen molar-refractivity contribution >= 4 is 0 Å². The molecule has 0 aromatic rings. The molecule has 1 fully saturated rings. The Morgan fingerprint density at radius 2 is 2.30 bits per heavy atom. The largest absolute Gasteiger partial charge is 0.0839 e. The molecule has 0 bridgehead atoms. The molecule has 2 aliphatic carbocycles. The molecule has 0 radical (unpaired) electrons. The van der Waals surface area contributed by atoms with Crippen molar-refractivity contribution in [1.29, 1.82) is 0 Å². The van der Waals surface area contributed by atoms with Gasteiger partial charge in [0.15, 0.2) is 0 Å². The van der Waals surface area contributed by atoms with Crippen LogP contribution in [0.1, 0.15) is 26.2 Å². The Balaban J connectivity index is 2.25. The van der Waals surface area contributed by atoms with Gasteiger partial charge < -0.3 is 0 Å². The number of hydrogen-bond acceptors (Lipinski definition) is 0. The molecular weight excluding hydrogens is 120 g/mol. The summed E-state index contributed by atoms with van der Waals surface area (Å²) in [6.45, 7) is 2.35. The van der Waals surface area contributed by atoms with Gasteiger partial charge in [-0.05, 0) is 31.1 Å². The van der Waals surface area contributed by atoms with Gasteiger partial charge in [-0.25, -0.2) is 0 Å². The van der Waals surface area contributed by atoms with Gasteiger partial charge in [0.05, 0.1) is 0 Å². The third-order valence-corrected chi connectivity index (χ3v) is 2.83. The van der Waals surface area contributed by atoms with E-state index in [1.54, 1.807) is 5.57 Å². The van der Waals surface area contributed by atoms with Crippen LogP contribution in [0.3, 0.4) is 0 Å². The molecule has 1 saturated carbocycles. The van der Waals surface area contributed by atoms with E-state index in [2.05, 4.69) is 25.2 Å². The second-order valence-electron chi connectivity index (χ2n) is 3.51. The number of fused-ring (bicyclic) bond motifs is 1. The smallest absolute Gasteiger partial charge is 0.0163 e. The maximum atomic E-state index is 2.35. The summed E-state index contributed by atoms with van der Waals surface area (Å²) in [6, 6.07) is 0. The molecule has 0 saturated heterocycles. The standard InChI is InChI=1S/C10H14/c1-8-6-7-9-4-2-3-5-10(8)9/h2-3,5,8-9H,4,6-7H2,1H3. The first-order valence-corrected chi connectivity index (χ1v) is 4.24. The predicted octanol–water partition coefficient (Wildman–Crippen LogP) is 2.92. The van der Waals surface area contributed by atoms with E-state index >= 15 is 0 Å². The second-order valence-corrected chi connectivity index (χ2v) is 3.51. The number of allylic oxidation sites excluding steroid dienone is 4. The molecule has 0 aliphatic heterocycles. The average Bonchev–Trinajstić information content (AvgIpc) is 2.34. The molecule has 0 nitrogen and oxygen atoms in total. The van der Waals surface area contributed by atoms with E-state index in [4.69, 9.17) is 0 Å². The van der Waals surface area contributed by atoms with Gasteiger partial charge in [0, 0.05) is 0 Å². The maximum absolute atomic E-state index is 2.35. The van der Waals surface area contributed by atoms with Crippen LogP contribution in [0.15, 0.2) is 23.8 Å². The quantitative estimate of drug-likeness (QED) is 0.478. The molecular formula is C10H14. The van der Waals surface area contributed by atoms with Crippen LogP contribution in [0.25, 0.3) is 0 Å². The van der Waals surface area contributed by atoms with Crippen LogP contribution in [0.4, 0.5) is 0 Å². The van der Waals surface area contributed by atoms with Gasteiger partial charge >= 0.3 is 0 Å². The van der Waals surface area contributed by atoms with Crippen LogP contribution >= 0.6 is 0 Å². The zero-order valence-electron chi connectivity index (χ0n) is 6.51. The lowest BCUT2D eigenvalue weighted by Crippen LogP contribution is -2.00. The van der Waals surface area contributed by atoms with Gasteiger partial charge in [-0.15, -0.1) is 0 Å². The van der Waals surface area contributed by atoms with Gasteiger partial charge in [-0.3, -0.25) is 0 Å². The lowest BCUT2D eigenvalue weighted by atomic mass is 9.91. The topological polar surface area (TPSA) is 0 Å². The molecule has 0 aromatic carbocycles. The molecule has 2 unspecified atom stereocenters. The first kappa shape index (κ1) is 6.21. The molecule has 0 spiro atoms. The zero-order valence-corrected chi connectivity index (χ0v) is 6.51. The van der Waals surface area contributed by atoms with Crippen LogP contribution in [-0.2, 0) is 0 Å². The van der Waals surface area contributed by atoms with Crippen LogP contribution in [0.5, 0.6) is 0 Å². The highest BCUT2D eigenvalue weighted by Crippen LogP contribution is 2.39. The minimum absolute atomic E-state index is 0.870. The minimum Gasteiger partial charge on any atom is -0.0839 e. The van der Waals surface area contributed by atoms with E-state index in [9.17, 15) is 0 Å². The van der Waals surface area contributed by atoms with Crippen LogP contribution in [0.2, 0.25) is 0 Å². The summed E-state index contributed by atoms with van der Waals surface area (Å²) in [4.78, 5) is 0. The Labute approximate surface area is 62.6 Å². The van der Waals surface area contributed by atoms with Crippen molar-refractivity contribution < 1.29 is 0 Å². The fourth-order valence-corrected chi connectivity index (χ4v) is 2.16. The van der Waals surface area contributed by atoms with Gasteiger partial charge in [0.1, 0.15) is 0 Å². The molecule has 54 valence electrons. The van der Waals surface area contributed by atoms with Crippen molar-refractivity contribution in [2.24, 2.45) is 11.8 Å². The van der Waals surface area contributed by atoms with Crippen molar-refractivity contribution in [2.75, 3.05) is 0 Å². The third-order valence-electron chi connectivity index (χ3n) is 2.83. The molecule has 0 heteroatoms. The molecule has 2 aliphatic rings. The maximum Gasteiger partial charge on any atom is -0.0163 e. The predicted molar refractivity (Wildman–Crippen MR) is 43.7 cm³/mol. The highest BCUT2D eigenvalue weighted by Gasteiger charge is 2.26. The summed E-state index contributed by atoms with van der Waals surface area (Å²) in [5.41, 5.74) is 1.71. The summed E-state index contributed by atoms with van der Waals surface area (Å²) < 4.78 is 0. The van der Waals surface area contributed by atoms with Crippen molar-refractivity contribution in [1.82, 2.24) is 0 Å². The van der Waals surface area contributed by atoms with Gasteiger partial charge in [0.25, 0.3) is 0 Å². The van der Waals surface area contributed by atoms with E-state index in [0.29, 0.717) is 0 Å². The summed E-state index contributed by atoms with van der Waals surface area (Å²) in [5, 5.41) is 0. The van der Waals surface area contributed by atoms with E-state index in [1.165, 1.54) is 19.3 Å². The Hall–Kier alpha value is -0.520. The average molecular weight is 134 g/mol. The highest BCUT2D eigenvalue weighted by atomic mass is 14.3. The Morgan fingerprint density at radius 3 is 3.10 bits per heavy atom. The normalized spacial score (nSPS) is 37.5. The Morgan fingerprint density at radius 1 is 1.40 bits per heavy atom. The summed E-state index contributed by atoms with van der Waals surface area (Å²) in [7, 11) is 0. The van der Waals surface area contributed by atoms with E-state index in [1.807, 2.05) is 0 Å². The zero-order chi connectivity index (χ0) is 6.97. The molecule has 0 aromatic heterocycles. The van der Waals surface area contributed by atoms with Crippen molar-refractivity contribution in [3.63, 3.8) is 0 Å². The summed E-state index contributed by atoms with van der Waals surface area (Å²) in [6.07, 6.45) is 11.0. The lowest BCUT2D eigenvalue weighted by Gasteiger charge is -2.14. The number of hydrogen-bond donors (Lipinski definition) is 0. The van der Waals surface area contributed by atoms with Gasteiger partial charge in [-0.1, -0.05) is 30.7 Å². The Bertz CT molecular complexity index is 186. The fraction of sp³-hybridized carbons (Fsp3) is 0.600. The first-order chi connectivity index (χ1) is 4.88. The van der Waals surface area contributed by atoms with Gasteiger partial charge in [-0.2, -0.15) is 0 Å². The molecule has 2 rings (SSSR count). The molecule has 0 N–H and O–H groups in total. The van der Waals surface area contributed by atoms with Crippen LogP contribution in [-0.4, -0.2) is 0 Å². The molecule has 10 heavy (non-hydrogen) atoms. The van der Waals surface area contributed by atoms with Crippen molar-refractivity contribution in [3.05, 3.63) is 23.8 Å². The van der Waals surface area contributed by atoms with Gasteiger partial charge in [0.2, 0.25) is 0 Å². The monoisotopic (exact) mass is 134 g/mol. The summed E-state index contributed by atoms with van der Waals surface area (Å²) in [5.74, 6) is 1.79. The SMILES string of the molecule is CC1CCC2CC=CC=C12. The lowest BCUT2D eigenvalue weighted by molar-refractivity contribution is 0.632. The van der Waals surface area contributed by atoms with Crippen LogP contribution < -0.4 is 0 Å². The fourth-order valence-electron chi connectivity index (χ4n) is 2.16. The number of rotatable bonds is 0. The molecule has 0 amide bonds.